The summed E-state index contributed by atoms with van der Waals surface area (Å²) in [6.45, 7) is 5.96. The third kappa shape index (κ3) is 4.34. The Morgan fingerprint density at radius 3 is 2.68 bits per heavy atom. The van der Waals surface area contributed by atoms with Gasteiger partial charge >= 0.3 is 6.01 Å². The largest absolute Gasteiger partial charge is 0.462 e. The fraction of sp³-hybridized carbons (Fsp3) is 0.581. The van der Waals surface area contributed by atoms with E-state index in [-0.39, 0.29) is 1.43 Å². The van der Waals surface area contributed by atoms with E-state index < -0.39 is 0 Å². The molecule has 4 aliphatic rings. The average molecular weight is 515 g/mol. The van der Waals surface area contributed by atoms with Gasteiger partial charge in [0.25, 0.3) is 0 Å². The van der Waals surface area contributed by atoms with Gasteiger partial charge in [0.2, 0.25) is 0 Å². The molecule has 38 heavy (non-hydrogen) atoms. The van der Waals surface area contributed by atoms with Crippen molar-refractivity contribution < 1.29 is 6.16 Å². The lowest BCUT2D eigenvalue weighted by atomic mass is 9.86. The summed E-state index contributed by atoms with van der Waals surface area (Å²) in [6.07, 6.45) is 12.6. The van der Waals surface area contributed by atoms with Gasteiger partial charge in [-0.3, -0.25) is 4.98 Å². The van der Waals surface area contributed by atoms with Crippen LogP contribution in [0.5, 0.6) is 6.01 Å². The summed E-state index contributed by atoms with van der Waals surface area (Å²) in [5.41, 5.74) is 7.57. The van der Waals surface area contributed by atoms with Gasteiger partial charge in [0, 0.05) is 50.0 Å². The number of benzene rings is 1. The molecule has 1 aliphatic carbocycles. The van der Waals surface area contributed by atoms with Gasteiger partial charge < -0.3 is 19.9 Å². The van der Waals surface area contributed by atoms with Crippen LogP contribution < -0.4 is 15.0 Å². The van der Waals surface area contributed by atoms with Crippen molar-refractivity contribution in [1.82, 2.24) is 25.2 Å². The molecule has 3 atom stereocenters. The van der Waals surface area contributed by atoms with Crippen LogP contribution in [0.4, 0.5) is 5.82 Å². The molecule has 3 aliphatic heterocycles. The molecular weight excluding hydrogens is 472 g/mol. The summed E-state index contributed by atoms with van der Waals surface area (Å²) in [7, 11) is 2.19. The monoisotopic (exact) mass is 514 g/mol. The number of aryl methyl sites for hydroxylation is 2. The van der Waals surface area contributed by atoms with E-state index in [1.807, 2.05) is 6.20 Å². The molecule has 5 heterocycles. The summed E-state index contributed by atoms with van der Waals surface area (Å²) >= 11 is 0. The molecule has 0 spiro atoms. The van der Waals surface area contributed by atoms with Crippen LogP contribution in [0.1, 0.15) is 63.6 Å². The highest BCUT2D eigenvalue weighted by atomic mass is 16.5. The van der Waals surface area contributed by atoms with Gasteiger partial charge in [0.05, 0.1) is 16.6 Å². The Balaban J connectivity index is 0.00000277. The number of fused-ring (bicyclic) bond motifs is 4. The standard InChI is InChI=1S/C31H40N6O.H2/c1-3-24-28(26-12-6-9-20-8-4-5-11-25(20)26)32-16-27-29(24)34-31(38-19-23-10-7-15-36(23)2)35-30(27)37-17-21-13-14-22(18-37)33-21;/h6,9,12,16,21-23,33H,3-5,7-8,10-11,13-15,17-19H2,1-2H3;1H/t21?,22?,23-;/m0./s1. The molecule has 3 fully saturated rings. The first kappa shape index (κ1) is 24.3. The van der Waals surface area contributed by atoms with E-state index in [1.54, 1.807) is 0 Å². The SMILES string of the molecule is CCc1c(-c2cccc3c2CCCC3)ncc2c(N3CC4CCC(C3)N4)nc(OC[C@@H]3CCCN3C)nc12.[HH]. The van der Waals surface area contributed by atoms with Crippen molar-refractivity contribution >= 4 is 16.7 Å². The second kappa shape index (κ2) is 10.1. The van der Waals surface area contributed by atoms with Crippen molar-refractivity contribution in [2.24, 2.45) is 0 Å². The van der Waals surface area contributed by atoms with Crippen LogP contribution in [0.2, 0.25) is 0 Å². The van der Waals surface area contributed by atoms with Gasteiger partial charge in [-0.2, -0.15) is 9.97 Å². The van der Waals surface area contributed by atoms with Gasteiger partial charge in [-0.05, 0) is 82.5 Å². The first-order valence-corrected chi connectivity index (χ1v) is 14.8. The van der Waals surface area contributed by atoms with E-state index in [4.69, 9.17) is 19.7 Å². The summed E-state index contributed by atoms with van der Waals surface area (Å²) < 4.78 is 6.38. The van der Waals surface area contributed by atoms with Gasteiger partial charge in [-0.15, -0.1) is 0 Å². The summed E-state index contributed by atoms with van der Waals surface area (Å²) in [6, 6.07) is 8.78. The maximum atomic E-state index is 6.38. The van der Waals surface area contributed by atoms with Gasteiger partial charge in [-0.25, -0.2) is 0 Å². The molecule has 7 rings (SSSR count). The molecule has 0 radical (unpaired) electrons. The van der Waals surface area contributed by atoms with Crippen LogP contribution in [0.3, 0.4) is 0 Å². The number of aromatic nitrogens is 3. The predicted octanol–water partition coefficient (Wildman–Crippen LogP) is 4.79. The van der Waals surface area contributed by atoms with E-state index in [1.165, 1.54) is 67.2 Å². The normalized spacial score (nSPS) is 25.2. The van der Waals surface area contributed by atoms with Crippen LogP contribution in [0.15, 0.2) is 24.4 Å². The van der Waals surface area contributed by atoms with E-state index in [0.29, 0.717) is 30.7 Å². The fourth-order valence-corrected chi connectivity index (χ4v) is 7.31. The molecule has 202 valence electrons. The Morgan fingerprint density at radius 2 is 1.89 bits per heavy atom. The van der Waals surface area contributed by atoms with Crippen molar-refractivity contribution in [3.63, 3.8) is 0 Å². The molecule has 1 aromatic carbocycles. The van der Waals surface area contributed by atoms with Gasteiger partial charge in [0.15, 0.2) is 0 Å². The number of likely N-dealkylation sites (N-methyl/N-ethyl adjacent to an activating group) is 1. The smallest absolute Gasteiger partial charge is 0.319 e. The quantitative estimate of drug-likeness (QED) is 0.507. The maximum Gasteiger partial charge on any atom is 0.319 e. The highest BCUT2D eigenvalue weighted by Crippen LogP contribution is 2.38. The third-order valence-corrected chi connectivity index (χ3v) is 9.40. The molecular formula is C31H42N6O. The topological polar surface area (TPSA) is 66.4 Å². The van der Waals surface area contributed by atoms with Gasteiger partial charge in [-0.1, -0.05) is 25.1 Å². The lowest BCUT2D eigenvalue weighted by Crippen LogP contribution is -2.51. The number of nitrogens with zero attached hydrogens (tertiary/aromatic N) is 5. The molecule has 3 saturated heterocycles. The van der Waals surface area contributed by atoms with Gasteiger partial charge in [0.1, 0.15) is 12.4 Å². The molecule has 3 aromatic rings. The number of piperazine rings is 1. The molecule has 0 amide bonds. The second-order valence-corrected chi connectivity index (χ2v) is 11.8. The molecule has 0 saturated carbocycles. The minimum atomic E-state index is 0. The highest BCUT2D eigenvalue weighted by molar-refractivity contribution is 5.95. The molecule has 7 nitrogen and oxygen atoms in total. The van der Waals surface area contributed by atoms with E-state index in [9.17, 15) is 0 Å². The van der Waals surface area contributed by atoms with Crippen molar-refractivity contribution in [3.05, 3.63) is 41.1 Å². The van der Waals surface area contributed by atoms with Crippen molar-refractivity contribution in [1.29, 1.82) is 0 Å². The van der Waals surface area contributed by atoms with E-state index >= 15 is 0 Å². The molecule has 1 N–H and O–H groups in total. The first-order chi connectivity index (χ1) is 18.7. The Hall–Kier alpha value is -2.77. The number of anilines is 1. The highest BCUT2D eigenvalue weighted by Gasteiger charge is 2.34. The number of hydrogen-bond acceptors (Lipinski definition) is 7. The van der Waals surface area contributed by atoms with Crippen molar-refractivity contribution in [3.8, 4) is 17.3 Å². The summed E-state index contributed by atoms with van der Waals surface area (Å²) in [4.78, 5) is 20.2. The van der Waals surface area contributed by atoms with Crippen LogP contribution in [0, 0.1) is 0 Å². The zero-order chi connectivity index (χ0) is 25.6. The minimum absolute atomic E-state index is 0. The lowest BCUT2D eigenvalue weighted by Gasteiger charge is -2.34. The van der Waals surface area contributed by atoms with Crippen LogP contribution in [-0.4, -0.2) is 71.3 Å². The van der Waals surface area contributed by atoms with Crippen LogP contribution in [-0.2, 0) is 19.3 Å². The number of rotatable bonds is 6. The zero-order valence-corrected chi connectivity index (χ0v) is 22.9. The average Bonchev–Trinajstić information content (AvgIpc) is 3.53. The van der Waals surface area contributed by atoms with Crippen LogP contribution in [0.25, 0.3) is 22.2 Å². The number of likely N-dealkylation sites (tertiary alicyclic amines) is 1. The van der Waals surface area contributed by atoms with E-state index in [0.717, 1.165) is 54.9 Å². The number of pyridine rings is 1. The summed E-state index contributed by atoms with van der Waals surface area (Å²) in [5, 5.41) is 4.82. The molecule has 2 unspecified atom stereocenters. The zero-order valence-electron chi connectivity index (χ0n) is 22.9. The Kier molecular flexibility index (Phi) is 6.44. The second-order valence-electron chi connectivity index (χ2n) is 11.8. The lowest BCUT2D eigenvalue weighted by molar-refractivity contribution is 0.188. The summed E-state index contributed by atoms with van der Waals surface area (Å²) in [5.74, 6) is 0.993. The first-order valence-electron chi connectivity index (χ1n) is 14.8. The van der Waals surface area contributed by atoms with E-state index in [2.05, 4.69) is 47.3 Å². The van der Waals surface area contributed by atoms with Crippen molar-refractivity contribution in [2.45, 2.75) is 82.8 Å². The maximum absolute atomic E-state index is 6.38. The van der Waals surface area contributed by atoms with Crippen molar-refractivity contribution in [2.75, 3.05) is 38.2 Å². The third-order valence-electron chi connectivity index (χ3n) is 9.40. The minimum Gasteiger partial charge on any atom is -0.462 e. The number of nitrogens with one attached hydrogen (secondary N) is 1. The van der Waals surface area contributed by atoms with Crippen LogP contribution >= 0.6 is 0 Å². The number of ether oxygens (including phenoxy) is 1. The molecule has 2 aromatic heterocycles. The Labute approximate surface area is 227 Å². The molecule has 2 bridgehead atoms. The molecule has 7 heteroatoms. The number of hydrogen-bond donors (Lipinski definition) is 1. The fourth-order valence-electron chi connectivity index (χ4n) is 7.31. The Bertz CT molecular complexity index is 1340. The Morgan fingerprint density at radius 1 is 1.05 bits per heavy atom. The predicted molar refractivity (Wildman–Crippen MR) is 154 cm³/mol.